The highest BCUT2D eigenvalue weighted by Gasteiger charge is 2.12. The van der Waals surface area contributed by atoms with Crippen LogP contribution in [0, 0.1) is 0 Å². The van der Waals surface area contributed by atoms with Gasteiger partial charge in [-0.25, -0.2) is 0 Å². The van der Waals surface area contributed by atoms with Crippen LogP contribution in [0.4, 0.5) is 0 Å². The highest BCUT2D eigenvalue weighted by atomic mass is 16.5. The van der Waals surface area contributed by atoms with Crippen LogP contribution in [0.25, 0.3) is 0 Å². The number of unbranched alkanes of at least 4 members (excludes halogenated alkanes) is 28. The van der Waals surface area contributed by atoms with Gasteiger partial charge in [0.15, 0.2) is 0 Å². The minimum Gasteiger partial charge on any atom is -0.480 e. The first-order valence-corrected chi connectivity index (χ1v) is 22.5. The summed E-state index contributed by atoms with van der Waals surface area (Å²) in [6.07, 6.45) is 50.5. The van der Waals surface area contributed by atoms with Crippen molar-refractivity contribution in [2.45, 2.75) is 245 Å². The van der Waals surface area contributed by atoms with Gasteiger partial charge in [-0.2, -0.15) is 0 Å². The minimum atomic E-state index is -1.02. The van der Waals surface area contributed by atoms with Crippen LogP contribution in [0.5, 0.6) is 0 Å². The summed E-state index contributed by atoms with van der Waals surface area (Å²) in [6, 6.07) is 0. The van der Waals surface area contributed by atoms with Gasteiger partial charge < -0.3 is 15.2 Å². The van der Waals surface area contributed by atoms with Crippen LogP contribution in [0.3, 0.4) is 0 Å². The maximum atomic E-state index is 12.7. The highest BCUT2D eigenvalue weighted by Crippen LogP contribution is 2.16. The number of carboxylic acids is 1. The quantitative estimate of drug-likeness (QED) is 0.0371. The predicted molar refractivity (Wildman–Crippen MR) is 222 cm³/mol. The Morgan fingerprint density at radius 1 is 0.500 bits per heavy atom. The Labute approximate surface area is 322 Å². The van der Waals surface area contributed by atoms with Crippen molar-refractivity contribution in [3.8, 4) is 0 Å². The van der Waals surface area contributed by atoms with Crippen LogP contribution in [0.15, 0.2) is 24.3 Å². The molecule has 1 atom stereocenters. The van der Waals surface area contributed by atoms with E-state index in [0.29, 0.717) is 12.8 Å². The van der Waals surface area contributed by atoms with E-state index in [1.54, 1.807) is 0 Å². The maximum absolute atomic E-state index is 12.7. The zero-order valence-electron chi connectivity index (χ0n) is 34.4. The molecule has 0 aromatic rings. The van der Waals surface area contributed by atoms with Crippen LogP contribution < -0.4 is 5.32 Å². The van der Waals surface area contributed by atoms with E-state index in [4.69, 9.17) is 9.84 Å². The number of rotatable bonds is 41. The van der Waals surface area contributed by atoms with Crippen molar-refractivity contribution in [1.29, 1.82) is 0 Å². The van der Waals surface area contributed by atoms with Crippen molar-refractivity contribution in [2.24, 2.45) is 0 Å². The van der Waals surface area contributed by atoms with E-state index in [1.165, 1.54) is 161 Å². The molecule has 0 aliphatic carbocycles. The Kier molecular flexibility index (Phi) is 40.0. The monoisotopic (exact) mass is 732 g/mol. The van der Waals surface area contributed by atoms with Crippen molar-refractivity contribution >= 4 is 17.8 Å². The van der Waals surface area contributed by atoms with Crippen molar-refractivity contribution in [3.05, 3.63) is 24.3 Å². The fourth-order valence-electron chi connectivity index (χ4n) is 6.71. The van der Waals surface area contributed by atoms with Gasteiger partial charge >= 0.3 is 11.9 Å². The van der Waals surface area contributed by atoms with E-state index in [0.717, 1.165) is 51.4 Å². The molecule has 0 spiro atoms. The molecule has 0 heterocycles. The molecule has 52 heavy (non-hydrogen) atoms. The summed E-state index contributed by atoms with van der Waals surface area (Å²) < 4.78 is 5.91. The molecule has 0 aliphatic rings. The summed E-state index contributed by atoms with van der Waals surface area (Å²) in [5.74, 6) is -1.32. The Hall–Kier alpha value is -2.11. The Balaban J connectivity index is 3.92. The number of carbonyl (C=O) groups is 3. The topological polar surface area (TPSA) is 92.7 Å². The molecule has 6 heteroatoms. The number of esters is 1. The maximum Gasteiger partial charge on any atom is 0.322 e. The zero-order valence-corrected chi connectivity index (χ0v) is 34.4. The van der Waals surface area contributed by atoms with E-state index in [1.807, 2.05) is 0 Å². The summed E-state index contributed by atoms with van der Waals surface area (Å²) in [6.45, 7) is 4.20. The Bertz CT molecular complexity index is 854. The molecule has 6 nitrogen and oxygen atoms in total. The molecule has 0 bridgehead atoms. The first-order chi connectivity index (χ1) is 25.5. The van der Waals surface area contributed by atoms with Crippen LogP contribution in [-0.4, -0.2) is 35.6 Å². The Morgan fingerprint density at radius 2 is 0.885 bits per heavy atom. The van der Waals surface area contributed by atoms with Gasteiger partial charge in [-0.1, -0.05) is 180 Å². The molecular formula is C46H85NO5. The number of hydrogen-bond donors (Lipinski definition) is 2. The molecule has 1 amide bonds. The summed E-state index contributed by atoms with van der Waals surface area (Å²) in [5.41, 5.74) is 0. The largest absolute Gasteiger partial charge is 0.480 e. The average Bonchev–Trinajstić information content (AvgIpc) is 3.13. The second-order valence-corrected chi connectivity index (χ2v) is 15.3. The first-order valence-electron chi connectivity index (χ1n) is 22.5. The number of carboxylic acid groups (broad SMARTS) is 1. The highest BCUT2D eigenvalue weighted by molar-refractivity contribution is 5.80. The van der Waals surface area contributed by atoms with Gasteiger partial charge in [-0.05, 0) is 70.3 Å². The molecule has 0 fully saturated rings. The van der Waals surface area contributed by atoms with Crippen molar-refractivity contribution in [1.82, 2.24) is 5.32 Å². The fraction of sp³-hybridized carbons (Fsp3) is 0.848. The average molecular weight is 732 g/mol. The van der Waals surface area contributed by atoms with Crippen LogP contribution >= 0.6 is 0 Å². The molecule has 0 rings (SSSR count). The predicted octanol–water partition coefficient (Wildman–Crippen LogP) is 13.9. The summed E-state index contributed by atoms with van der Waals surface area (Å²) in [7, 11) is 0. The van der Waals surface area contributed by atoms with Gasteiger partial charge in [0, 0.05) is 12.8 Å². The first kappa shape index (κ1) is 49.9. The van der Waals surface area contributed by atoms with Gasteiger partial charge in [-0.3, -0.25) is 14.4 Å². The van der Waals surface area contributed by atoms with Crippen molar-refractivity contribution in [3.63, 3.8) is 0 Å². The summed E-state index contributed by atoms with van der Waals surface area (Å²) in [4.78, 5) is 35.0. The van der Waals surface area contributed by atoms with Crippen molar-refractivity contribution in [2.75, 3.05) is 6.54 Å². The van der Waals surface area contributed by atoms with E-state index >= 15 is 0 Å². The minimum absolute atomic E-state index is 0.0803. The number of ether oxygens (including phenoxy) is 1. The number of amides is 1. The molecule has 1 unspecified atom stereocenters. The lowest BCUT2D eigenvalue weighted by molar-refractivity contribution is -0.147. The second-order valence-electron chi connectivity index (χ2n) is 15.3. The van der Waals surface area contributed by atoms with Gasteiger partial charge in [0.05, 0.1) is 0 Å². The normalized spacial score (nSPS) is 12.2. The number of allylic oxidation sites excluding steroid dienone is 3. The molecule has 0 saturated carbocycles. The number of nitrogens with one attached hydrogen (secondary N) is 1. The van der Waals surface area contributed by atoms with Crippen LogP contribution in [-0.2, 0) is 19.1 Å². The van der Waals surface area contributed by atoms with E-state index in [9.17, 15) is 14.4 Å². The lowest BCUT2D eigenvalue weighted by Crippen LogP contribution is -2.28. The van der Waals surface area contributed by atoms with Gasteiger partial charge in [0.2, 0.25) is 5.91 Å². The third kappa shape index (κ3) is 40.7. The number of hydrogen-bond acceptors (Lipinski definition) is 4. The van der Waals surface area contributed by atoms with Crippen molar-refractivity contribution < 1.29 is 24.2 Å². The molecule has 0 radical (unpaired) electrons. The van der Waals surface area contributed by atoms with Gasteiger partial charge in [0.25, 0.3) is 0 Å². The zero-order chi connectivity index (χ0) is 38.0. The molecule has 2 N–H and O–H groups in total. The third-order valence-electron chi connectivity index (χ3n) is 10.1. The molecule has 304 valence electrons. The fourth-order valence-corrected chi connectivity index (χ4v) is 6.71. The summed E-state index contributed by atoms with van der Waals surface area (Å²) >= 11 is 0. The lowest BCUT2D eigenvalue weighted by atomic mass is 10.0. The third-order valence-corrected chi connectivity index (χ3v) is 10.1. The number of aliphatic carboxylic acids is 1. The van der Waals surface area contributed by atoms with Crippen LogP contribution in [0.2, 0.25) is 0 Å². The molecule has 0 saturated heterocycles. The van der Waals surface area contributed by atoms with E-state index in [2.05, 4.69) is 43.5 Å². The SMILES string of the molecule is CCCCCCCC/C=C\C(CCCCCCC(=O)NCC(=O)O)OC(=O)CCCCCCCCCCCCC/C=C\CCCCCCCCCC. The number of carbonyl (C=O) groups excluding carboxylic acids is 2. The van der Waals surface area contributed by atoms with E-state index < -0.39 is 5.97 Å². The van der Waals surface area contributed by atoms with Gasteiger partial charge in [-0.15, -0.1) is 0 Å². The van der Waals surface area contributed by atoms with E-state index in [-0.39, 0.29) is 24.5 Å². The smallest absolute Gasteiger partial charge is 0.322 e. The lowest BCUT2D eigenvalue weighted by Gasteiger charge is -2.15. The molecular weight excluding hydrogens is 647 g/mol. The second kappa shape index (κ2) is 41.6. The molecule has 0 aliphatic heterocycles. The molecule has 0 aromatic heterocycles. The molecule has 0 aromatic carbocycles. The summed E-state index contributed by atoms with van der Waals surface area (Å²) in [5, 5.41) is 11.1. The standard InChI is InChI=1S/C46H85NO5/c1-3-5-7-9-11-13-14-15-16-17-18-19-20-21-22-23-24-25-26-27-29-31-37-41-46(51)52-43(38-34-30-28-12-10-8-6-4-2)39-35-32-33-36-40-44(48)47-42-45(49)50/h17-18,34,38,43H,3-16,19-33,35-37,39-42H2,1-2H3,(H,47,48)(H,49,50)/b18-17-,38-34-. The van der Waals surface area contributed by atoms with Gasteiger partial charge in [0.1, 0.15) is 12.6 Å². The Morgan fingerprint density at radius 3 is 1.35 bits per heavy atom. The van der Waals surface area contributed by atoms with Crippen LogP contribution in [0.1, 0.15) is 239 Å².